The highest BCUT2D eigenvalue weighted by Crippen LogP contribution is 2.37. The van der Waals surface area contributed by atoms with Crippen LogP contribution in [0.15, 0.2) is 41.1 Å². The number of nitrogens with two attached hydrogens (primary N) is 1. The summed E-state index contributed by atoms with van der Waals surface area (Å²) >= 11 is 3.34. The number of aromatic nitrogens is 2. The Kier molecular flexibility index (Phi) is 3.93. The third-order valence-corrected chi connectivity index (χ3v) is 4.54. The van der Waals surface area contributed by atoms with Crippen LogP contribution in [0.4, 0.5) is 0 Å². The molecule has 0 fully saturated rings. The summed E-state index contributed by atoms with van der Waals surface area (Å²) in [6.45, 7) is 2.01. The van der Waals surface area contributed by atoms with Gasteiger partial charge in [-0.15, -0.1) is 11.3 Å². The van der Waals surface area contributed by atoms with Crippen LogP contribution < -0.4 is 5.73 Å². The monoisotopic (exact) mass is 251 g/mol. The lowest BCUT2D eigenvalue weighted by Gasteiger charge is -2.17. The van der Waals surface area contributed by atoms with E-state index in [1.54, 1.807) is 35.5 Å². The molecule has 16 heavy (non-hydrogen) atoms. The van der Waals surface area contributed by atoms with Crippen molar-refractivity contribution < 1.29 is 0 Å². The topological polar surface area (TPSA) is 51.8 Å². The Morgan fingerprint density at radius 3 is 2.62 bits per heavy atom. The summed E-state index contributed by atoms with van der Waals surface area (Å²) < 4.78 is 0. The first-order valence-corrected chi connectivity index (χ1v) is 6.76. The van der Waals surface area contributed by atoms with Crippen LogP contribution >= 0.6 is 23.1 Å². The van der Waals surface area contributed by atoms with Crippen LogP contribution in [0.5, 0.6) is 0 Å². The normalized spacial score (nSPS) is 14.6. The average molecular weight is 251 g/mol. The number of rotatable bonds is 4. The predicted octanol–water partition coefficient (Wildman–Crippen LogP) is 2.72. The Balaban J connectivity index is 2.16. The van der Waals surface area contributed by atoms with Gasteiger partial charge in [0.15, 0.2) is 5.16 Å². The van der Waals surface area contributed by atoms with Gasteiger partial charge >= 0.3 is 0 Å². The van der Waals surface area contributed by atoms with E-state index in [0.29, 0.717) is 0 Å². The smallest absolute Gasteiger partial charge is 0.188 e. The zero-order chi connectivity index (χ0) is 11.4. The Morgan fingerprint density at radius 2 is 2.06 bits per heavy atom. The first-order valence-electron chi connectivity index (χ1n) is 5.00. The maximum Gasteiger partial charge on any atom is 0.188 e. The lowest BCUT2D eigenvalue weighted by molar-refractivity contribution is 0.726. The highest BCUT2D eigenvalue weighted by atomic mass is 32.2. The van der Waals surface area contributed by atoms with Gasteiger partial charge in [0.1, 0.15) is 0 Å². The summed E-state index contributed by atoms with van der Waals surface area (Å²) in [6, 6.07) is 6.04. The number of hydrogen-bond donors (Lipinski definition) is 1. The van der Waals surface area contributed by atoms with E-state index >= 15 is 0 Å². The Bertz CT molecular complexity index is 414. The molecule has 0 aromatic carbocycles. The van der Waals surface area contributed by atoms with Gasteiger partial charge in [0.2, 0.25) is 0 Å². The summed E-state index contributed by atoms with van der Waals surface area (Å²) in [7, 11) is 0. The van der Waals surface area contributed by atoms with Crippen LogP contribution in [0.25, 0.3) is 0 Å². The van der Waals surface area contributed by atoms with Crippen LogP contribution in [0, 0.1) is 0 Å². The number of nitrogens with zero attached hydrogens (tertiary/aromatic N) is 2. The molecule has 2 aromatic rings. The van der Waals surface area contributed by atoms with Crippen molar-refractivity contribution in [1.29, 1.82) is 0 Å². The SMILES string of the molecule is CC(N)C(Sc1ncccn1)c1cccs1. The number of thioether (sulfide) groups is 1. The van der Waals surface area contributed by atoms with E-state index in [-0.39, 0.29) is 11.3 Å². The fourth-order valence-electron chi connectivity index (χ4n) is 1.34. The summed E-state index contributed by atoms with van der Waals surface area (Å²) in [5, 5.41) is 3.07. The molecule has 2 unspecified atom stereocenters. The van der Waals surface area contributed by atoms with Crippen LogP contribution in [-0.4, -0.2) is 16.0 Å². The molecule has 0 radical (unpaired) electrons. The van der Waals surface area contributed by atoms with Gasteiger partial charge in [-0.3, -0.25) is 0 Å². The van der Waals surface area contributed by atoms with Gasteiger partial charge in [0.05, 0.1) is 5.25 Å². The molecule has 0 aliphatic carbocycles. The molecule has 2 rings (SSSR count). The van der Waals surface area contributed by atoms with E-state index in [2.05, 4.69) is 21.4 Å². The Hall–Kier alpha value is -0.910. The maximum atomic E-state index is 6.01. The van der Waals surface area contributed by atoms with Gasteiger partial charge in [-0.1, -0.05) is 17.8 Å². The second-order valence-electron chi connectivity index (χ2n) is 3.44. The fraction of sp³-hybridized carbons (Fsp3) is 0.273. The van der Waals surface area contributed by atoms with Crippen LogP contribution in [-0.2, 0) is 0 Å². The second-order valence-corrected chi connectivity index (χ2v) is 5.53. The number of hydrogen-bond acceptors (Lipinski definition) is 5. The summed E-state index contributed by atoms with van der Waals surface area (Å²) in [5.41, 5.74) is 6.01. The molecule has 5 heteroatoms. The third kappa shape index (κ3) is 2.81. The summed E-state index contributed by atoms with van der Waals surface area (Å²) in [5.74, 6) is 0. The molecule has 0 aliphatic heterocycles. The maximum absolute atomic E-state index is 6.01. The lowest BCUT2D eigenvalue weighted by Crippen LogP contribution is -2.22. The Labute approximate surface area is 103 Å². The van der Waals surface area contributed by atoms with Crippen molar-refractivity contribution in [3.8, 4) is 0 Å². The van der Waals surface area contributed by atoms with Crippen LogP contribution in [0.3, 0.4) is 0 Å². The molecule has 0 saturated carbocycles. The molecule has 84 valence electrons. The minimum atomic E-state index is 0.0763. The second kappa shape index (κ2) is 5.43. The summed E-state index contributed by atoms with van der Waals surface area (Å²) in [6.07, 6.45) is 3.50. The van der Waals surface area contributed by atoms with Crippen molar-refractivity contribution in [3.05, 3.63) is 40.8 Å². The molecule has 0 aliphatic rings. The van der Waals surface area contributed by atoms with Crippen LogP contribution in [0.2, 0.25) is 0 Å². The van der Waals surface area contributed by atoms with Crippen molar-refractivity contribution in [1.82, 2.24) is 9.97 Å². The molecular weight excluding hydrogens is 238 g/mol. The van der Waals surface area contributed by atoms with Gasteiger partial charge in [-0.25, -0.2) is 9.97 Å². The minimum absolute atomic E-state index is 0.0763. The zero-order valence-corrected chi connectivity index (χ0v) is 10.5. The highest BCUT2D eigenvalue weighted by molar-refractivity contribution is 7.99. The third-order valence-electron chi connectivity index (χ3n) is 2.08. The van der Waals surface area contributed by atoms with Crippen molar-refractivity contribution in [2.75, 3.05) is 0 Å². The van der Waals surface area contributed by atoms with E-state index in [1.807, 2.05) is 19.1 Å². The minimum Gasteiger partial charge on any atom is -0.327 e. The van der Waals surface area contributed by atoms with E-state index in [9.17, 15) is 0 Å². The van der Waals surface area contributed by atoms with E-state index in [1.165, 1.54) is 4.88 Å². The van der Waals surface area contributed by atoms with E-state index in [0.717, 1.165) is 5.16 Å². The quantitative estimate of drug-likeness (QED) is 0.670. The fourth-order valence-corrected chi connectivity index (χ4v) is 3.35. The van der Waals surface area contributed by atoms with Crippen molar-refractivity contribution in [2.24, 2.45) is 5.73 Å². The molecule has 2 N–H and O–H groups in total. The van der Waals surface area contributed by atoms with Crippen molar-refractivity contribution >= 4 is 23.1 Å². The molecule has 3 nitrogen and oxygen atoms in total. The first-order chi connectivity index (χ1) is 7.77. The predicted molar refractivity (Wildman–Crippen MR) is 68.6 cm³/mol. The Morgan fingerprint density at radius 1 is 1.31 bits per heavy atom. The van der Waals surface area contributed by atoms with E-state index < -0.39 is 0 Å². The molecule has 2 atom stereocenters. The standard InChI is InChI=1S/C11H13N3S2/c1-8(12)10(9-4-2-7-15-9)16-11-13-5-3-6-14-11/h2-8,10H,12H2,1H3. The molecular formula is C11H13N3S2. The van der Waals surface area contributed by atoms with Gasteiger partial charge in [0.25, 0.3) is 0 Å². The zero-order valence-electron chi connectivity index (χ0n) is 8.91. The molecule has 0 amide bonds. The molecule has 0 saturated heterocycles. The van der Waals surface area contributed by atoms with Gasteiger partial charge in [-0.2, -0.15) is 0 Å². The number of thiophene rings is 1. The highest BCUT2D eigenvalue weighted by Gasteiger charge is 2.19. The van der Waals surface area contributed by atoms with Crippen molar-refractivity contribution in [2.45, 2.75) is 23.4 Å². The molecule has 2 heterocycles. The van der Waals surface area contributed by atoms with Crippen LogP contribution in [0.1, 0.15) is 17.1 Å². The van der Waals surface area contributed by atoms with Crippen molar-refractivity contribution in [3.63, 3.8) is 0 Å². The molecule has 0 spiro atoms. The summed E-state index contributed by atoms with van der Waals surface area (Å²) in [4.78, 5) is 9.69. The largest absolute Gasteiger partial charge is 0.327 e. The lowest BCUT2D eigenvalue weighted by atomic mass is 10.2. The van der Waals surface area contributed by atoms with Gasteiger partial charge < -0.3 is 5.73 Å². The van der Waals surface area contributed by atoms with Gasteiger partial charge in [0, 0.05) is 23.3 Å². The average Bonchev–Trinajstić information content (AvgIpc) is 2.80. The van der Waals surface area contributed by atoms with Gasteiger partial charge in [-0.05, 0) is 24.4 Å². The first kappa shape index (κ1) is 11.6. The molecule has 2 aromatic heterocycles. The molecule has 0 bridgehead atoms. The van der Waals surface area contributed by atoms with E-state index in [4.69, 9.17) is 5.73 Å².